The zero-order valence-corrected chi connectivity index (χ0v) is 13.1. The van der Waals surface area contributed by atoms with Crippen LogP contribution in [0.4, 0.5) is 0 Å². The molecule has 122 valence electrons. The number of carbonyl (C=O) groups is 3. The second kappa shape index (κ2) is 8.86. The van der Waals surface area contributed by atoms with E-state index in [1.807, 2.05) is 0 Å². The second-order valence-corrected chi connectivity index (χ2v) is 4.66. The lowest BCUT2D eigenvalue weighted by Gasteiger charge is -2.06. The van der Waals surface area contributed by atoms with Gasteiger partial charge in [0.2, 0.25) is 0 Å². The normalized spacial score (nSPS) is 10.1. The molecule has 0 fully saturated rings. The van der Waals surface area contributed by atoms with Crippen molar-refractivity contribution in [2.24, 2.45) is 0 Å². The lowest BCUT2D eigenvalue weighted by Crippen LogP contribution is -2.30. The number of esters is 2. The zero-order chi connectivity index (χ0) is 16.5. The van der Waals surface area contributed by atoms with Gasteiger partial charge in [0.05, 0.1) is 6.61 Å². The highest BCUT2D eigenvalue weighted by Crippen LogP contribution is 2.14. The van der Waals surface area contributed by atoms with Gasteiger partial charge in [-0.1, -0.05) is 0 Å². The van der Waals surface area contributed by atoms with Crippen LogP contribution < -0.4 is 5.32 Å². The number of amides is 1. The van der Waals surface area contributed by atoms with E-state index in [0.29, 0.717) is 36.7 Å². The minimum atomic E-state index is -0.601. The van der Waals surface area contributed by atoms with Gasteiger partial charge in [-0.05, 0) is 33.3 Å². The summed E-state index contributed by atoms with van der Waals surface area (Å²) in [5.74, 6) is -0.259. The predicted octanol–water partition coefficient (Wildman–Crippen LogP) is 1.51. The second-order valence-electron chi connectivity index (χ2n) is 4.66. The molecule has 7 nitrogen and oxygen atoms in total. The monoisotopic (exact) mass is 311 g/mol. The predicted molar refractivity (Wildman–Crippen MR) is 77.3 cm³/mol. The van der Waals surface area contributed by atoms with E-state index in [2.05, 4.69) is 5.32 Å². The quantitative estimate of drug-likeness (QED) is 0.577. The van der Waals surface area contributed by atoms with Crippen molar-refractivity contribution >= 4 is 17.8 Å². The van der Waals surface area contributed by atoms with E-state index in [1.54, 1.807) is 26.8 Å². The van der Waals surface area contributed by atoms with E-state index in [0.717, 1.165) is 0 Å². The molecule has 7 heteroatoms. The Hall–Kier alpha value is -2.31. The molecule has 1 rings (SSSR count). The number of nitrogens with one attached hydrogen (secondary N) is 1. The summed E-state index contributed by atoms with van der Waals surface area (Å²) >= 11 is 0. The Morgan fingerprint density at radius 3 is 2.55 bits per heavy atom. The van der Waals surface area contributed by atoms with E-state index in [9.17, 15) is 14.4 Å². The third kappa shape index (κ3) is 5.99. The van der Waals surface area contributed by atoms with Crippen LogP contribution in [0.1, 0.15) is 41.6 Å². The van der Waals surface area contributed by atoms with Crippen LogP contribution in [0, 0.1) is 13.8 Å². The first kappa shape index (κ1) is 17.7. The Bertz CT molecular complexity index is 534. The van der Waals surface area contributed by atoms with E-state index in [4.69, 9.17) is 13.9 Å². The number of hydrogen-bond donors (Lipinski definition) is 1. The maximum absolute atomic E-state index is 11.8. The van der Waals surface area contributed by atoms with Crippen LogP contribution in [0.2, 0.25) is 0 Å². The molecular formula is C15H21NO6. The number of furan rings is 1. The number of ether oxygens (including phenoxy) is 2. The molecule has 0 aliphatic carbocycles. The summed E-state index contributed by atoms with van der Waals surface area (Å²) in [6, 6.07) is 1.56. The van der Waals surface area contributed by atoms with Crippen molar-refractivity contribution < 1.29 is 28.3 Å². The van der Waals surface area contributed by atoms with Crippen LogP contribution in [0.15, 0.2) is 10.5 Å². The Morgan fingerprint density at radius 2 is 1.95 bits per heavy atom. The van der Waals surface area contributed by atoms with E-state index in [-0.39, 0.29) is 19.0 Å². The van der Waals surface area contributed by atoms with Gasteiger partial charge >= 0.3 is 11.9 Å². The largest absolute Gasteiger partial charge is 0.466 e. The summed E-state index contributed by atoms with van der Waals surface area (Å²) in [4.78, 5) is 34.3. The van der Waals surface area contributed by atoms with Crippen molar-refractivity contribution in [2.45, 2.75) is 33.6 Å². The average molecular weight is 311 g/mol. The molecule has 0 unspecified atom stereocenters. The molecule has 0 saturated heterocycles. The van der Waals surface area contributed by atoms with Crippen molar-refractivity contribution in [3.63, 3.8) is 0 Å². The highest BCUT2D eigenvalue weighted by atomic mass is 16.5. The van der Waals surface area contributed by atoms with Crippen molar-refractivity contribution in [3.05, 3.63) is 23.2 Å². The van der Waals surface area contributed by atoms with E-state index < -0.39 is 11.9 Å². The Balaban J connectivity index is 2.22. The lowest BCUT2D eigenvalue weighted by atomic mass is 10.2. The molecule has 0 spiro atoms. The van der Waals surface area contributed by atoms with Gasteiger partial charge in [-0.25, -0.2) is 4.79 Å². The van der Waals surface area contributed by atoms with Gasteiger partial charge in [0, 0.05) is 13.0 Å². The first-order valence-electron chi connectivity index (χ1n) is 7.10. The molecule has 0 bridgehead atoms. The number of aryl methyl sites for hydroxylation is 2. The summed E-state index contributed by atoms with van der Waals surface area (Å²) in [6.07, 6.45) is 0.708. The first-order valence-corrected chi connectivity index (χ1v) is 7.10. The summed E-state index contributed by atoms with van der Waals surface area (Å²) in [7, 11) is 0. The Labute approximate surface area is 129 Å². The van der Waals surface area contributed by atoms with Crippen molar-refractivity contribution in [2.75, 3.05) is 19.8 Å². The molecule has 0 aliphatic heterocycles. The fourth-order valence-corrected chi connectivity index (χ4v) is 1.79. The molecule has 22 heavy (non-hydrogen) atoms. The molecule has 0 radical (unpaired) electrons. The first-order chi connectivity index (χ1) is 10.4. The van der Waals surface area contributed by atoms with Crippen molar-refractivity contribution in [1.29, 1.82) is 0 Å². The molecule has 1 aromatic heterocycles. The van der Waals surface area contributed by atoms with E-state index >= 15 is 0 Å². The smallest absolute Gasteiger partial charge is 0.342 e. The van der Waals surface area contributed by atoms with Crippen LogP contribution in [-0.4, -0.2) is 37.6 Å². The maximum atomic E-state index is 11.8. The topological polar surface area (TPSA) is 94.8 Å². The molecule has 0 aromatic carbocycles. The fourth-order valence-electron chi connectivity index (χ4n) is 1.79. The number of hydrogen-bond acceptors (Lipinski definition) is 6. The standard InChI is InChI=1S/C15H21NO6/c1-4-20-14(18)6-5-7-16-13(17)9-21-15(19)12-8-10(2)22-11(12)3/h8H,4-7,9H2,1-3H3,(H,16,17). The van der Waals surface area contributed by atoms with Gasteiger partial charge in [0.1, 0.15) is 17.1 Å². The summed E-state index contributed by atoms with van der Waals surface area (Å²) in [6.45, 7) is 5.39. The van der Waals surface area contributed by atoms with Crippen LogP contribution in [0.3, 0.4) is 0 Å². The van der Waals surface area contributed by atoms with Gasteiger partial charge in [-0.2, -0.15) is 0 Å². The molecule has 1 amide bonds. The molecule has 1 N–H and O–H groups in total. The third-order valence-electron chi connectivity index (χ3n) is 2.78. The van der Waals surface area contributed by atoms with Gasteiger partial charge in [-0.3, -0.25) is 9.59 Å². The SMILES string of the molecule is CCOC(=O)CCCNC(=O)COC(=O)c1cc(C)oc1C. The average Bonchev–Trinajstić information content (AvgIpc) is 2.80. The van der Waals surface area contributed by atoms with Crippen LogP contribution in [0.25, 0.3) is 0 Å². The van der Waals surface area contributed by atoms with Gasteiger partial charge in [0.15, 0.2) is 6.61 Å². The minimum absolute atomic E-state index is 0.237. The Kier molecular flexibility index (Phi) is 7.15. The number of carbonyl (C=O) groups excluding carboxylic acids is 3. The van der Waals surface area contributed by atoms with Crippen molar-refractivity contribution in [1.82, 2.24) is 5.32 Å². The van der Waals surface area contributed by atoms with Crippen molar-refractivity contribution in [3.8, 4) is 0 Å². The lowest BCUT2D eigenvalue weighted by molar-refractivity contribution is -0.143. The highest BCUT2D eigenvalue weighted by Gasteiger charge is 2.16. The maximum Gasteiger partial charge on any atom is 0.342 e. The summed E-state index contributed by atoms with van der Waals surface area (Å²) in [5, 5.41) is 2.56. The molecular weight excluding hydrogens is 290 g/mol. The minimum Gasteiger partial charge on any atom is -0.466 e. The molecule has 0 saturated carbocycles. The van der Waals surface area contributed by atoms with Gasteiger partial charge < -0.3 is 19.2 Å². The molecule has 0 atom stereocenters. The van der Waals surface area contributed by atoms with E-state index in [1.165, 1.54) is 0 Å². The third-order valence-corrected chi connectivity index (χ3v) is 2.78. The highest BCUT2D eigenvalue weighted by molar-refractivity contribution is 5.92. The summed E-state index contributed by atoms with van der Waals surface area (Å²) in [5.41, 5.74) is 0.313. The molecule has 0 aliphatic rings. The number of rotatable bonds is 8. The van der Waals surface area contributed by atoms with Gasteiger partial charge in [0.25, 0.3) is 5.91 Å². The Morgan fingerprint density at radius 1 is 1.23 bits per heavy atom. The molecule has 1 aromatic rings. The van der Waals surface area contributed by atoms with Crippen LogP contribution in [0.5, 0.6) is 0 Å². The van der Waals surface area contributed by atoms with Gasteiger partial charge in [-0.15, -0.1) is 0 Å². The van der Waals surface area contributed by atoms with Crippen LogP contribution >= 0.6 is 0 Å². The summed E-state index contributed by atoms with van der Waals surface area (Å²) < 4.78 is 14.9. The fraction of sp³-hybridized carbons (Fsp3) is 0.533. The zero-order valence-electron chi connectivity index (χ0n) is 13.1. The van der Waals surface area contributed by atoms with Crippen LogP contribution in [-0.2, 0) is 19.1 Å². The molecule has 1 heterocycles.